The molecule has 1 amide bonds. The molecule has 1 fully saturated rings. The van der Waals surface area contributed by atoms with Gasteiger partial charge in [-0.2, -0.15) is 0 Å². The van der Waals surface area contributed by atoms with E-state index in [4.69, 9.17) is 4.52 Å². The fraction of sp³-hybridized carbons (Fsp3) is 0.333. The van der Waals surface area contributed by atoms with Crippen molar-refractivity contribution in [3.05, 3.63) is 47.6 Å². The zero-order chi connectivity index (χ0) is 14.8. The lowest BCUT2D eigenvalue weighted by Gasteiger charge is -2.35. The number of hydrogen-bond donors (Lipinski definition) is 0. The van der Waals surface area contributed by atoms with E-state index in [2.05, 4.69) is 10.1 Å². The Bertz CT molecular complexity index is 631. The van der Waals surface area contributed by atoms with Gasteiger partial charge in [-0.05, 0) is 31.2 Å². The van der Waals surface area contributed by atoms with Crippen molar-refractivity contribution in [1.82, 2.24) is 10.1 Å². The third-order valence-electron chi connectivity index (χ3n) is 3.70. The van der Waals surface area contributed by atoms with Crippen LogP contribution in [0.15, 0.2) is 35.0 Å². The number of halogens is 1. The minimum atomic E-state index is -0.242. The highest BCUT2D eigenvalue weighted by atomic mass is 19.1. The van der Waals surface area contributed by atoms with E-state index in [0.717, 1.165) is 11.3 Å². The number of amides is 1. The first kappa shape index (κ1) is 13.6. The van der Waals surface area contributed by atoms with Crippen molar-refractivity contribution in [3.63, 3.8) is 0 Å². The van der Waals surface area contributed by atoms with E-state index in [9.17, 15) is 9.18 Å². The van der Waals surface area contributed by atoms with Gasteiger partial charge in [0.15, 0.2) is 0 Å². The highest BCUT2D eigenvalue weighted by Gasteiger charge is 2.25. The number of aromatic nitrogens is 1. The van der Waals surface area contributed by atoms with Crippen molar-refractivity contribution in [2.24, 2.45) is 0 Å². The summed E-state index contributed by atoms with van der Waals surface area (Å²) < 4.78 is 17.9. The van der Waals surface area contributed by atoms with E-state index in [1.54, 1.807) is 30.2 Å². The molecule has 1 aromatic heterocycles. The van der Waals surface area contributed by atoms with E-state index in [0.29, 0.717) is 31.9 Å². The molecule has 0 N–H and O–H groups in total. The van der Waals surface area contributed by atoms with Gasteiger partial charge in [-0.3, -0.25) is 4.79 Å². The molecule has 0 unspecified atom stereocenters. The van der Waals surface area contributed by atoms with Gasteiger partial charge in [0, 0.05) is 37.4 Å². The summed E-state index contributed by atoms with van der Waals surface area (Å²) in [6.45, 7) is 4.44. The maximum atomic E-state index is 12.9. The van der Waals surface area contributed by atoms with Gasteiger partial charge in [0.2, 0.25) is 5.76 Å². The number of carbonyl (C=O) groups is 1. The van der Waals surface area contributed by atoms with Gasteiger partial charge in [-0.15, -0.1) is 0 Å². The van der Waals surface area contributed by atoms with E-state index in [-0.39, 0.29) is 11.7 Å². The predicted octanol–water partition coefficient (Wildman–Crippen LogP) is 2.08. The molecular formula is C15H16FN3O2. The minimum absolute atomic E-state index is 0.122. The van der Waals surface area contributed by atoms with Gasteiger partial charge in [0.1, 0.15) is 5.82 Å². The number of rotatable bonds is 2. The van der Waals surface area contributed by atoms with Crippen LogP contribution in [0.2, 0.25) is 0 Å². The van der Waals surface area contributed by atoms with Crippen LogP contribution in [-0.4, -0.2) is 42.1 Å². The SMILES string of the molecule is Cc1cnoc1C(=O)N1CCN(c2ccc(F)cc2)CC1. The quantitative estimate of drug-likeness (QED) is 0.849. The molecule has 0 radical (unpaired) electrons. The lowest BCUT2D eigenvalue weighted by atomic mass is 10.2. The molecular weight excluding hydrogens is 273 g/mol. The van der Waals surface area contributed by atoms with Gasteiger partial charge in [-0.1, -0.05) is 5.16 Å². The first-order chi connectivity index (χ1) is 10.1. The maximum Gasteiger partial charge on any atom is 0.292 e. The second-order valence-electron chi connectivity index (χ2n) is 5.09. The third-order valence-corrected chi connectivity index (χ3v) is 3.70. The molecule has 1 aliphatic heterocycles. The van der Waals surface area contributed by atoms with Crippen LogP contribution in [0.25, 0.3) is 0 Å². The number of carbonyl (C=O) groups excluding carboxylic acids is 1. The van der Waals surface area contributed by atoms with Gasteiger partial charge in [0.05, 0.1) is 6.20 Å². The van der Waals surface area contributed by atoms with Crippen LogP contribution in [-0.2, 0) is 0 Å². The summed E-state index contributed by atoms with van der Waals surface area (Å²) in [6, 6.07) is 6.41. The van der Waals surface area contributed by atoms with Crippen molar-refractivity contribution in [2.45, 2.75) is 6.92 Å². The van der Waals surface area contributed by atoms with E-state index in [1.165, 1.54) is 12.1 Å². The Balaban J connectivity index is 1.64. The third kappa shape index (κ3) is 2.74. The lowest BCUT2D eigenvalue weighted by Crippen LogP contribution is -2.48. The molecule has 0 atom stereocenters. The van der Waals surface area contributed by atoms with Crippen LogP contribution in [0.1, 0.15) is 16.1 Å². The topological polar surface area (TPSA) is 49.6 Å². The van der Waals surface area contributed by atoms with E-state index in [1.807, 2.05) is 0 Å². The van der Waals surface area contributed by atoms with Crippen molar-refractivity contribution >= 4 is 11.6 Å². The molecule has 1 saturated heterocycles. The summed E-state index contributed by atoms with van der Waals surface area (Å²) in [4.78, 5) is 16.2. The predicted molar refractivity (Wildman–Crippen MR) is 75.8 cm³/mol. The second kappa shape index (κ2) is 5.55. The molecule has 0 aliphatic carbocycles. The van der Waals surface area contributed by atoms with E-state index >= 15 is 0 Å². The molecule has 0 saturated carbocycles. The maximum absolute atomic E-state index is 12.9. The Hall–Kier alpha value is -2.37. The summed E-state index contributed by atoms with van der Waals surface area (Å²) in [6.07, 6.45) is 1.54. The van der Waals surface area contributed by atoms with Crippen LogP contribution in [0.4, 0.5) is 10.1 Å². The average Bonchev–Trinajstić information content (AvgIpc) is 2.94. The Morgan fingerprint density at radius 2 is 1.86 bits per heavy atom. The fourth-order valence-electron chi connectivity index (χ4n) is 2.46. The molecule has 0 spiro atoms. The van der Waals surface area contributed by atoms with Crippen LogP contribution in [0.5, 0.6) is 0 Å². The molecule has 3 rings (SSSR count). The van der Waals surface area contributed by atoms with Crippen LogP contribution in [0, 0.1) is 12.7 Å². The summed E-state index contributed by atoms with van der Waals surface area (Å²) in [7, 11) is 0. The summed E-state index contributed by atoms with van der Waals surface area (Å²) in [5, 5.41) is 3.64. The molecule has 110 valence electrons. The van der Waals surface area contributed by atoms with E-state index < -0.39 is 0 Å². The number of hydrogen-bond acceptors (Lipinski definition) is 4. The van der Waals surface area contributed by atoms with Crippen LogP contribution in [0.3, 0.4) is 0 Å². The lowest BCUT2D eigenvalue weighted by molar-refractivity contribution is 0.0704. The van der Waals surface area contributed by atoms with Crippen LogP contribution < -0.4 is 4.90 Å². The number of nitrogens with zero attached hydrogens (tertiary/aromatic N) is 3. The highest BCUT2D eigenvalue weighted by molar-refractivity contribution is 5.92. The van der Waals surface area contributed by atoms with Crippen LogP contribution >= 0.6 is 0 Å². The standard InChI is InChI=1S/C15H16FN3O2/c1-11-10-17-21-14(11)15(20)19-8-6-18(7-9-19)13-4-2-12(16)3-5-13/h2-5,10H,6-9H2,1H3. The molecule has 1 aromatic carbocycles. The Morgan fingerprint density at radius 1 is 1.19 bits per heavy atom. The summed E-state index contributed by atoms with van der Waals surface area (Å²) in [5.74, 6) is -0.0534. The number of anilines is 1. The van der Waals surface area contributed by atoms with Crippen molar-refractivity contribution < 1.29 is 13.7 Å². The average molecular weight is 289 g/mol. The molecule has 6 heteroatoms. The minimum Gasteiger partial charge on any atom is -0.368 e. The Morgan fingerprint density at radius 3 is 2.43 bits per heavy atom. The largest absolute Gasteiger partial charge is 0.368 e. The smallest absolute Gasteiger partial charge is 0.292 e. The molecule has 0 bridgehead atoms. The zero-order valence-corrected chi connectivity index (χ0v) is 11.8. The molecule has 1 aliphatic rings. The summed E-state index contributed by atoms with van der Waals surface area (Å²) >= 11 is 0. The molecule has 5 nitrogen and oxygen atoms in total. The van der Waals surface area contributed by atoms with Crippen molar-refractivity contribution in [1.29, 1.82) is 0 Å². The van der Waals surface area contributed by atoms with Crippen molar-refractivity contribution in [3.8, 4) is 0 Å². The van der Waals surface area contributed by atoms with Gasteiger partial charge >= 0.3 is 0 Å². The normalized spacial score (nSPS) is 15.3. The number of aryl methyl sites for hydroxylation is 1. The van der Waals surface area contributed by atoms with Crippen molar-refractivity contribution in [2.75, 3.05) is 31.1 Å². The first-order valence-corrected chi connectivity index (χ1v) is 6.86. The molecule has 21 heavy (non-hydrogen) atoms. The Kier molecular flexibility index (Phi) is 3.60. The molecule has 2 aromatic rings. The molecule has 2 heterocycles. The fourth-order valence-corrected chi connectivity index (χ4v) is 2.46. The first-order valence-electron chi connectivity index (χ1n) is 6.86. The van der Waals surface area contributed by atoms with Gasteiger partial charge in [0.25, 0.3) is 5.91 Å². The number of piperazine rings is 1. The second-order valence-corrected chi connectivity index (χ2v) is 5.09. The highest BCUT2D eigenvalue weighted by Crippen LogP contribution is 2.18. The number of benzene rings is 1. The summed E-state index contributed by atoms with van der Waals surface area (Å²) in [5.41, 5.74) is 1.72. The van der Waals surface area contributed by atoms with Gasteiger partial charge < -0.3 is 14.3 Å². The monoisotopic (exact) mass is 289 g/mol. The Labute approximate surface area is 121 Å². The van der Waals surface area contributed by atoms with Gasteiger partial charge in [-0.25, -0.2) is 4.39 Å². The zero-order valence-electron chi connectivity index (χ0n) is 11.8.